The Balaban J connectivity index is 2.84. The molecule has 0 fully saturated rings. The maximum atomic E-state index is 11.7. The molecule has 0 saturated heterocycles. The van der Waals surface area contributed by atoms with Crippen LogP contribution in [0.3, 0.4) is 0 Å². The predicted octanol–water partition coefficient (Wildman–Crippen LogP) is 3.36. The van der Waals surface area contributed by atoms with Crippen molar-refractivity contribution in [1.29, 1.82) is 0 Å². The zero-order valence-corrected chi connectivity index (χ0v) is 8.14. The van der Waals surface area contributed by atoms with Crippen molar-refractivity contribution in [2.75, 3.05) is 6.61 Å². The molecule has 13 heavy (non-hydrogen) atoms. The highest BCUT2D eigenvalue weighted by Crippen LogP contribution is 2.11. The summed E-state index contributed by atoms with van der Waals surface area (Å²) >= 11 is 0. The summed E-state index contributed by atoms with van der Waals surface area (Å²) in [6, 6.07) is 0. The molecule has 3 heteroatoms. The number of aliphatic hydroxyl groups is 1. The summed E-state index contributed by atoms with van der Waals surface area (Å²) in [7, 11) is 0. The smallest absolute Gasteiger partial charge is 0.238 e. The van der Waals surface area contributed by atoms with Crippen LogP contribution in [0.5, 0.6) is 0 Å². The highest BCUT2D eigenvalue weighted by Gasteiger charge is 2.00. The Bertz CT molecular complexity index is 96.9. The fraction of sp³-hybridized carbons (Fsp3) is 1.00. The largest absolute Gasteiger partial charge is 0.396 e. The molecule has 0 bridgehead atoms. The zero-order chi connectivity index (χ0) is 9.94. The molecule has 0 atom stereocenters. The molecule has 0 aliphatic heterocycles. The van der Waals surface area contributed by atoms with Gasteiger partial charge in [-0.05, 0) is 12.8 Å². The van der Waals surface area contributed by atoms with Gasteiger partial charge in [0.15, 0.2) is 0 Å². The first-order valence-corrected chi connectivity index (χ1v) is 5.16. The molecule has 80 valence electrons. The van der Waals surface area contributed by atoms with Gasteiger partial charge in [0.1, 0.15) is 0 Å². The highest BCUT2D eigenvalue weighted by atomic mass is 19.3. The quantitative estimate of drug-likeness (QED) is 0.558. The van der Waals surface area contributed by atoms with Crippen molar-refractivity contribution >= 4 is 0 Å². The molecule has 0 aromatic rings. The summed E-state index contributed by atoms with van der Waals surface area (Å²) in [4.78, 5) is 0. The van der Waals surface area contributed by atoms with Crippen LogP contribution in [0.4, 0.5) is 8.78 Å². The van der Waals surface area contributed by atoms with Crippen molar-refractivity contribution in [3.63, 3.8) is 0 Å². The maximum absolute atomic E-state index is 11.7. The van der Waals surface area contributed by atoms with Gasteiger partial charge < -0.3 is 5.11 Å². The number of halogens is 2. The second-order valence-electron chi connectivity index (χ2n) is 3.38. The molecular formula is C10H20F2O. The van der Waals surface area contributed by atoms with E-state index in [1.165, 1.54) is 0 Å². The molecular weight excluding hydrogens is 174 g/mol. The molecule has 1 N–H and O–H groups in total. The van der Waals surface area contributed by atoms with Crippen LogP contribution in [0.25, 0.3) is 0 Å². The van der Waals surface area contributed by atoms with Gasteiger partial charge >= 0.3 is 0 Å². The van der Waals surface area contributed by atoms with Gasteiger partial charge in [0, 0.05) is 13.0 Å². The molecule has 0 radical (unpaired) electrons. The summed E-state index contributed by atoms with van der Waals surface area (Å²) in [6.45, 7) is 0.269. The van der Waals surface area contributed by atoms with Crippen molar-refractivity contribution in [3.8, 4) is 0 Å². The number of hydrogen-bond donors (Lipinski definition) is 1. The number of aliphatic hydroxyl groups excluding tert-OH is 1. The van der Waals surface area contributed by atoms with Crippen LogP contribution in [0.15, 0.2) is 0 Å². The van der Waals surface area contributed by atoms with Gasteiger partial charge in [0.05, 0.1) is 0 Å². The summed E-state index contributed by atoms with van der Waals surface area (Å²) in [5.41, 5.74) is 0. The fourth-order valence-electron chi connectivity index (χ4n) is 1.29. The second-order valence-corrected chi connectivity index (χ2v) is 3.38. The Hall–Kier alpha value is -0.180. The van der Waals surface area contributed by atoms with Crippen LogP contribution >= 0.6 is 0 Å². The number of alkyl halides is 2. The summed E-state index contributed by atoms with van der Waals surface area (Å²) in [5, 5.41) is 8.48. The van der Waals surface area contributed by atoms with E-state index in [2.05, 4.69) is 0 Å². The fourth-order valence-corrected chi connectivity index (χ4v) is 1.29. The van der Waals surface area contributed by atoms with Crippen LogP contribution in [-0.2, 0) is 0 Å². The average molecular weight is 194 g/mol. The van der Waals surface area contributed by atoms with E-state index in [1.807, 2.05) is 0 Å². The van der Waals surface area contributed by atoms with Gasteiger partial charge in [-0.15, -0.1) is 0 Å². The third-order valence-electron chi connectivity index (χ3n) is 2.08. The molecule has 0 spiro atoms. The third-order valence-corrected chi connectivity index (χ3v) is 2.08. The van der Waals surface area contributed by atoms with E-state index in [0.29, 0.717) is 6.42 Å². The molecule has 0 amide bonds. The SMILES string of the molecule is OCCCCCCCCCC(F)F. The highest BCUT2D eigenvalue weighted by molar-refractivity contribution is 4.47. The molecule has 0 unspecified atom stereocenters. The lowest BCUT2D eigenvalue weighted by atomic mass is 10.1. The average Bonchev–Trinajstić information content (AvgIpc) is 2.09. The minimum atomic E-state index is -2.13. The van der Waals surface area contributed by atoms with Gasteiger partial charge in [-0.2, -0.15) is 0 Å². The van der Waals surface area contributed by atoms with Gasteiger partial charge in [0.2, 0.25) is 6.43 Å². The van der Waals surface area contributed by atoms with E-state index < -0.39 is 6.43 Å². The van der Waals surface area contributed by atoms with Gasteiger partial charge in [0.25, 0.3) is 0 Å². The molecule has 0 saturated carbocycles. The lowest BCUT2D eigenvalue weighted by Gasteiger charge is -2.00. The standard InChI is InChI=1S/C10H20F2O/c11-10(12)8-6-4-2-1-3-5-7-9-13/h10,13H,1-9H2. The second kappa shape index (κ2) is 9.90. The number of unbranched alkanes of at least 4 members (excludes halogenated alkanes) is 6. The van der Waals surface area contributed by atoms with Gasteiger partial charge in [-0.25, -0.2) is 8.78 Å². The van der Waals surface area contributed by atoms with Crippen LogP contribution in [0.2, 0.25) is 0 Å². The minimum absolute atomic E-state index is 0.0522. The van der Waals surface area contributed by atoms with E-state index in [9.17, 15) is 8.78 Å². The van der Waals surface area contributed by atoms with Gasteiger partial charge in [-0.1, -0.05) is 32.1 Å². The van der Waals surface area contributed by atoms with Crippen molar-refractivity contribution in [3.05, 3.63) is 0 Å². The van der Waals surface area contributed by atoms with E-state index in [-0.39, 0.29) is 13.0 Å². The summed E-state index contributed by atoms with van der Waals surface area (Å²) in [6.07, 6.45) is 4.71. The van der Waals surface area contributed by atoms with E-state index in [0.717, 1.165) is 38.5 Å². The Kier molecular flexibility index (Phi) is 9.77. The molecule has 0 aliphatic rings. The van der Waals surface area contributed by atoms with Crippen LogP contribution in [0.1, 0.15) is 51.4 Å². The lowest BCUT2D eigenvalue weighted by Crippen LogP contribution is -1.89. The van der Waals surface area contributed by atoms with E-state index in [4.69, 9.17) is 5.11 Å². The number of hydrogen-bond acceptors (Lipinski definition) is 1. The Morgan fingerprint density at radius 2 is 1.23 bits per heavy atom. The first-order valence-electron chi connectivity index (χ1n) is 5.16. The molecule has 1 nitrogen and oxygen atoms in total. The maximum Gasteiger partial charge on any atom is 0.238 e. The number of rotatable bonds is 9. The van der Waals surface area contributed by atoms with Gasteiger partial charge in [-0.3, -0.25) is 0 Å². The molecule has 0 aromatic carbocycles. The van der Waals surface area contributed by atoms with E-state index >= 15 is 0 Å². The van der Waals surface area contributed by atoms with Crippen LogP contribution < -0.4 is 0 Å². The van der Waals surface area contributed by atoms with Crippen molar-refractivity contribution in [2.45, 2.75) is 57.8 Å². The van der Waals surface area contributed by atoms with Crippen LogP contribution in [-0.4, -0.2) is 18.1 Å². The molecule has 0 heterocycles. The lowest BCUT2D eigenvalue weighted by molar-refractivity contribution is 0.133. The van der Waals surface area contributed by atoms with Crippen molar-refractivity contribution in [2.24, 2.45) is 0 Å². The first kappa shape index (κ1) is 12.8. The first-order chi connectivity index (χ1) is 6.27. The topological polar surface area (TPSA) is 20.2 Å². The normalized spacial score (nSPS) is 11.1. The van der Waals surface area contributed by atoms with Crippen LogP contribution in [0, 0.1) is 0 Å². The Labute approximate surface area is 79.1 Å². The minimum Gasteiger partial charge on any atom is -0.396 e. The summed E-state index contributed by atoms with van der Waals surface area (Å²) in [5.74, 6) is 0. The molecule has 0 aliphatic carbocycles. The van der Waals surface area contributed by atoms with Crippen molar-refractivity contribution < 1.29 is 13.9 Å². The molecule has 0 aromatic heterocycles. The van der Waals surface area contributed by atoms with E-state index in [1.54, 1.807) is 0 Å². The predicted molar refractivity (Wildman–Crippen MR) is 50.0 cm³/mol. The molecule has 0 rings (SSSR count). The third kappa shape index (κ3) is 11.8. The van der Waals surface area contributed by atoms with Crippen molar-refractivity contribution in [1.82, 2.24) is 0 Å². The Morgan fingerprint density at radius 1 is 0.769 bits per heavy atom. The monoisotopic (exact) mass is 194 g/mol. The zero-order valence-electron chi connectivity index (χ0n) is 8.14. The Morgan fingerprint density at radius 3 is 1.69 bits per heavy atom. The summed E-state index contributed by atoms with van der Waals surface area (Å²) < 4.78 is 23.4.